The number of hydrogen-bond donors (Lipinski definition) is 1. The van der Waals surface area contributed by atoms with Crippen molar-refractivity contribution >= 4 is 44.5 Å². The largest absolute Gasteiger partial charge is 0.322 e. The van der Waals surface area contributed by atoms with Crippen molar-refractivity contribution in [2.24, 2.45) is 0 Å². The van der Waals surface area contributed by atoms with E-state index < -0.39 is 14.6 Å². The molecule has 0 saturated carbocycles. The van der Waals surface area contributed by atoms with Gasteiger partial charge in [0.05, 0.1) is 16.2 Å². The highest BCUT2D eigenvalue weighted by atomic mass is 35.5. The minimum atomic E-state index is -3.14. The highest BCUT2D eigenvalue weighted by Gasteiger charge is 2.41. The fourth-order valence-electron chi connectivity index (χ4n) is 1.89. The van der Waals surface area contributed by atoms with Gasteiger partial charge in [-0.1, -0.05) is 11.6 Å². The average molecular weight is 323 g/mol. The van der Waals surface area contributed by atoms with Crippen molar-refractivity contribution in [1.29, 1.82) is 0 Å². The van der Waals surface area contributed by atoms with Crippen molar-refractivity contribution in [3.05, 3.63) is 15.8 Å². The van der Waals surface area contributed by atoms with E-state index in [1.807, 2.05) is 0 Å². The van der Waals surface area contributed by atoms with Crippen LogP contribution in [0.25, 0.3) is 0 Å². The molecule has 0 aliphatic carbocycles. The number of rotatable bonds is 1. The van der Waals surface area contributed by atoms with E-state index in [4.69, 9.17) is 11.6 Å². The summed E-state index contributed by atoms with van der Waals surface area (Å²) in [5.74, 6) is -0.00914. The Bertz CT molecular complexity index is 595. The molecule has 2 rings (SSSR count). The molecule has 1 aliphatic heterocycles. The van der Waals surface area contributed by atoms with Crippen LogP contribution in [-0.4, -0.2) is 42.9 Å². The Kier molecular flexibility index (Phi) is 3.81. The summed E-state index contributed by atoms with van der Waals surface area (Å²) >= 11 is 7.24. The first-order chi connectivity index (χ1) is 8.73. The van der Waals surface area contributed by atoms with Crippen molar-refractivity contribution in [1.82, 2.24) is 4.90 Å². The van der Waals surface area contributed by atoms with Crippen molar-refractivity contribution in [3.63, 3.8) is 0 Å². The Labute approximate surface area is 121 Å². The molecule has 2 amide bonds. The molecule has 1 fully saturated rings. The topological polar surface area (TPSA) is 66.5 Å². The first-order valence-electron chi connectivity index (χ1n) is 5.74. The van der Waals surface area contributed by atoms with Gasteiger partial charge in [0.25, 0.3) is 0 Å². The SMILES string of the molecule is CC1(C)CN(C(=O)Nc2ccsc2Cl)CCS1(=O)=O. The Morgan fingerprint density at radius 1 is 1.53 bits per heavy atom. The van der Waals surface area contributed by atoms with Gasteiger partial charge < -0.3 is 10.2 Å². The van der Waals surface area contributed by atoms with E-state index >= 15 is 0 Å². The number of urea groups is 1. The number of nitrogens with zero attached hydrogens (tertiary/aromatic N) is 1. The zero-order valence-electron chi connectivity index (χ0n) is 10.6. The molecule has 2 heterocycles. The standard InChI is InChI=1S/C11H15ClN2O3S2/c1-11(2)7-14(4-6-19(11,16)17)10(15)13-8-3-5-18-9(8)12/h3,5H,4,6-7H2,1-2H3,(H,13,15). The molecule has 0 aromatic carbocycles. The van der Waals surface area contributed by atoms with Gasteiger partial charge in [0.1, 0.15) is 4.34 Å². The van der Waals surface area contributed by atoms with Crippen molar-refractivity contribution in [3.8, 4) is 0 Å². The van der Waals surface area contributed by atoms with Gasteiger partial charge in [-0.05, 0) is 25.3 Å². The third-order valence-corrected chi connectivity index (χ3v) is 6.89. The maximum atomic E-state index is 12.1. The van der Waals surface area contributed by atoms with Crippen LogP contribution in [0.4, 0.5) is 10.5 Å². The predicted octanol–water partition coefficient (Wildman–Crippen LogP) is 2.44. The lowest BCUT2D eigenvalue weighted by molar-refractivity contribution is 0.206. The summed E-state index contributed by atoms with van der Waals surface area (Å²) < 4.78 is 23.3. The maximum absolute atomic E-state index is 12.1. The summed E-state index contributed by atoms with van der Waals surface area (Å²) in [6.07, 6.45) is 0. The van der Waals surface area contributed by atoms with Crippen LogP contribution in [-0.2, 0) is 9.84 Å². The summed E-state index contributed by atoms with van der Waals surface area (Å²) in [4.78, 5) is 13.6. The number of thiophene rings is 1. The van der Waals surface area contributed by atoms with Crippen LogP contribution >= 0.6 is 22.9 Å². The van der Waals surface area contributed by atoms with Gasteiger partial charge in [-0.15, -0.1) is 11.3 Å². The van der Waals surface area contributed by atoms with Crippen molar-refractivity contribution in [2.45, 2.75) is 18.6 Å². The molecule has 19 heavy (non-hydrogen) atoms. The number of sulfone groups is 1. The van der Waals surface area contributed by atoms with E-state index in [1.165, 1.54) is 16.2 Å². The Morgan fingerprint density at radius 3 is 2.74 bits per heavy atom. The highest BCUT2D eigenvalue weighted by molar-refractivity contribution is 7.92. The molecule has 0 atom stereocenters. The van der Waals surface area contributed by atoms with E-state index in [1.54, 1.807) is 25.3 Å². The molecule has 1 aromatic heterocycles. The first kappa shape index (κ1) is 14.6. The van der Waals surface area contributed by atoms with Crippen LogP contribution in [0, 0.1) is 0 Å². The van der Waals surface area contributed by atoms with Crippen molar-refractivity contribution in [2.75, 3.05) is 24.2 Å². The number of amides is 2. The lowest BCUT2D eigenvalue weighted by atomic mass is 10.2. The summed E-state index contributed by atoms with van der Waals surface area (Å²) in [6, 6.07) is 1.40. The first-order valence-corrected chi connectivity index (χ1v) is 8.65. The van der Waals surface area contributed by atoms with Crippen molar-refractivity contribution < 1.29 is 13.2 Å². The highest BCUT2D eigenvalue weighted by Crippen LogP contribution is 2.29. The lowest BCUT2D eigenvalue weighted by Gasteiger charge is -2.37. The summed E-state index contributed by atoms with van der Waals surface area (Å²) in [5, 5.41) is 4.48. The molecule has 0 bridgehead atoms. The zero-order chi connectivity index (χ0) is 14.3. The van der Waals surface area contributed by atoms with Gasteiger partial charge in [0.15, 0.2) is 9.84 Å². The normalized spacial score (nSPS) is 21.1. The minimum absolute atomic E-state index is 0.00914. The number of anilines is 1. The molecule has 0 radical (unpaired) electrons. The molecule has 0 spiro atoms. The molecule has 106 valence electrons. The second kappa shape index (κ2) is 4.96. The van der Waals surface area contributed by atoms with Gasteiger partial charge in [-0.25, -0.2) is 13.2 Å². The number of nitrogens with one attached hydrogen (secondary N) is 1. The molecule has 0 unspecified atom stereocenters. The van der Waals surface area contributed by atoms with E-state index in [9.17, 15) is 13.2 Å². The van der Waals surface area contributed by atoms with Crippen LogP contribution in [0.15, 0.2) is 11.4 Å². The number of halogens is 1. The van der Waals surface area contributed by atoms with Gasteiger partial charge >= 0.3 is 6.03 Å². The summed E-state index contributed by atoms with van der Waals surface area (Å²) in [7, 11) is -3.14. The van der Waals surface area contributed by atoms with Gasteiger partial charge in [-0.2, -0.15) is 0 Å². The van der Waals surface area contributed by atoms with E-state index in [-0.39, 0.29) is 24.9 Å². The van der Waals surface area contributed by atoms with Crippen LogP contribution in [0.3, 0.4) is 0 Å². The quantitative estimate of drug-likeness (QED) is 0.863. The smallest absolute Gasteiger partial charge is 0.321 e. The van der Waals surface area contributed by atoms with E-state index in [2.05, 4.69) is 5.32 Å². The van der Waals surface area contributed by atoms with Crippen LogP contribution in [0.5, 0.6) is 0 Å². The monoisotopic (exact) mass is 322 g/mol. The Balaban J connectivity index is 2.08. The Hall–Kier alpha value is -0.790. The van der Waals surface area contributed by atoms with E-state index in [0.29, 0.717) is 10.0 Å². The molecular formula is C11H15ClN2O3S2. The molecule has 1 aliphatic rings. The van der Waals surface area contributed by atoms with Gasteiger partial charge in [0, 0.05) is 13.1 Å². The number of carbonyl (C=O) groups excluding carboxylic acids is 1. The predicted molar refractivity (Wildman–Crippen MR) is 77.8 cm³/mol. The van der Waals surface area contributed by atoms with Gasteiger partial charge in [-0.3, -0.25) is 0 Å². The average Bonchev–Trinajstić information content (AvgIpc) is 2.68. The third-order valence-electron chi connectivity index (χ3n) is 3.19. The molecule has 1 aromatic rings. The second-order valence-corrected chi connectivity index (χ2v) is 9.30. The molecule has 1 saturated heterocycles. The molecule has 5 nitrogen and oxygen atoms in total. The molecular weight excluding hydrogens is 308 g/mol. The fourth-order valence-corrected chi connectivity index (χ4v) is 4.09. The zero-order valence-corrected chi connectivity index (χ0v) is 13.0. The van der Waals surface area contributed by atoms with Crippen LogP contribution < -0.4 is 5.32 Å². The minimum Gasteiger partial charge on any atom is -0.322 e. The molecule has 1 N–H and O–H groups in total. The number of hydrogen-bond acceptors (Lipinski definition) is 4. The van der Waals surface area contributed by atoms with Crippen LogP contribution in [0.1, 0.15) is 13.8 Å². The Morgan fingerprint density at radius 2 is 2.21 bits per heavy atom. The lowest BCUT2D eigenvalue weighted by Crippen LogP contribution is -2.55. The fraction of sp³-hybridized carbons (Fsp3) is 0.545. The number of carbonyl (C=O) groups is 1. The summed E-state index contributed by atoms with van der Waals surface area (Å²) in [6.45, 7) is 3.67. The van der Waals surface area contributed by atoms with Gasteiger partial charge in [0.2, 0.25) is 0 Å². The van der Waals surface area contributed by atoms with Crippen LogP contribution in [0.2, 0.25) is 4.34 Å². The second-order valence-electron chi connectivity index (χ2n) is 5.04. The molecule has 8 heteroatoms. The van der Waals surface area contributed by atoms with E-state index in [0.717, 1.165) is 0 Å². The maximum Gasteiger partial charge on any atom is 0.321 e. The summed E-state index contributed by atoms with van der Waals surface area (Å²) in [5.41, 5.74) is 0.558. The third kappa shape index (κ3) is 2.88.